The highest BCUT2D eigenvalue weighted by molar-refractivity contribution is 7.92. The number of phenols is 4. The van der Waals surface area contributed by atoms with Crippen LogP contribution in [0.5, 0.6) is 23.0 Å². The molecule has 0 unspecified atom stereocenters. The van der Waals surface area contributed by atoms with Crippen molar-refractivity contribution in [2.75, 3.05) is 35.0 Å². The van der Waals surface area contributed by atoms with Gasteiger partial charge in [0.1, 0.15) is 17.2 Å². The van der Waals surface area contributed by atoms with Crippen LogP contribution in [-0.4, -0.2) is 96.0 Å². The number of aliphatic hydroxyl groups is 2. The lowest BCUT2D eigenvalue weighted by atomic mass is 9.93. The topological polar surface area (TPSA) is 296 Å². The average molecular weight is 1190 g/mol. The van der Waals surface area contributed by atoms with E-state index in [0.29, 0.717) is 40.1 Å². The summed E-state index contributed by atoms with van der Waals surface area (Å²) in [6.07, 6.45) is 1.66. The number of nitrogens with one attached hydrogen (secondary N) is 6. The van der Waals surface area contributed by atoms with E-state index >= 15 is 0 Å². The minimum absolute atomic E-state index is 0.000301. The maximum Gasteiger partial charge on any atom is 0.229 e. The van der Waals surface area contributed by atoms with E-state index < -0.39 is 43.3 Å². The van der Waals surface area contributed by atoms with Gasteiger partial charge in [-0.3, -0.25) is 19.0 Å². The third-order valence-corrected chi connectivity index (χ3v) is 14.1. The number of β-amino-alcohol motifs (C(OH)–C–C–N with tert-alkyl or cyclic N) is 2. The number of carbonyl (C=O) groups is 2. The van der Waals surface area contributed by atoms with E-state index in [0.717, 1.165) is 34.8 Å². The summed E-state index contributed by atoms with van der Waals surface area (Å²) in [6, 6.07) is 31.6. The van der Waals surface area contributed by atoms with Gasteiger partial charge >= 0.3 is 0 Å². The SMILES string of the molecule is CC(C)(Cc1cccc(CC(=O)NCc2cc(Cl)c(O)c(Cl)c2)c1)NC[C@H](O)c1ccc(O)c(NS(C)(=O)=O)c1.CC(C)(Cc1cccc(CC(=O)NCc2ccc(O)cc2Cl)c1)NC[C@H](O)c1ccc(O)c(NS(C)(=O)=O)c1. The molecule has 0 aliphatic rings. The van der Waals surface area contributed by atoms with Crippen LogP contribution in [0.25, 0.3) is 0 Å². The Hall–Kier alpha value is -6.33. The molecule has 23 heteroatoms. The van der Waals surface area contributed by atoms with E-state index in [1.807, 2.05) is 76.2 Å². The van der Waals surface area contributed by atoms with E-state index in [1.165, 1.54) is 48.5 Å². The lowest BCUT2D eigenvalue weighted by Crippen LogP contribution is -2.43. The number of benzene rings is 6. The number of anilines is 2. The minimum Gasteiger partial charge on any atom is -0.508 e. The highest BCUT2D eigenvalue weighted by atomic mass is 35.5. The van der Waals surface area contributed by atoms with Crippen LogP contribution in [0.1, 0.15) is 84.4 Å². The van der Waals surface area contributed by atoms with Gasteiger partial charge in [0.15, 0.2) is 5.75 Å². The van der Waals surface area contributed by atoms with E-state index in [9.17, 15) is 57.1 Å². The first-order valence-corrected chi connectivity index (χ1v) is 29.5. The maximum absolute atomic E-state index is 12.5. The highest BCUT2D eigenvalue weighted by Crippen LogP contribution is 2.33. The summed E-state index contributed by atoms with van der Waals surface area (Å²) in [6.45, 7) is 8.80. The number of rotatable bonds is 24. The molecule has 0 aliphatic heterocycles. The molecule has 0 aliphatic carbocycles. The molecule has 0 radical (unpaired) electrons. The highest BCUT2D eigenvalue weighted by Gasteiger charge is 2.23. The molecule has 0 aromatic heterocycles. The van der Waals surface area contributed by atoms with E-state index in [4.69, 9.17) is 34.8 Å². The number of carbonyl (C=O) groups excluding carboxylic acids is 2. The Morgan fingerprint density at radius 2 is 0.937 bits per heavy atom. The van der Waals surface area contributed by atoms with Crippen molar-refractivity contribution in [2.45, 2.75) is 89.8 Å². The summed E-state index contributed by atoms with van der Waals surface area (Å²) in [7, 11) is -7.18. The van der Waals surface area contributed by atoms with Crippen molar-refractivity contribution < 1.29 is 57.1 Å². The van der Waals surface area contributed by atoms with E-state index in [-0.39, 0.29) is 95.3 Å². The lowest BCUT2D eigenvalue weighted by molar-refractivity contribution is -0.121. The minimum atomic E-state index is -3.59. The number of amides is 2. The molecule has 0 saturated carbocycles. The first kappa shape index (κ1) is 63.5. The van der Waals surface area contributed by atoms with Gasteiger partial charge in [-0.25, -0.2) is 16.8 Å². The number of hydrogen-bond acceptors (Lipinski definition) is 14. The molecule has 0 spiro atoms. The van der Waals surface area contributed by atoms with Gasteiger partial charge in [0, 0.05) is 42.3 Å². The van der Waals surface area contributed by atoms with Crippen molar-refractivity contribution in [1.82, 2.24) is 21.3 Å². The van der Waals surface area contributed by atoms with E-state index in [2.05, 4.69) is 30.7 Å². The third-order valence-electron chi connectivity index (χ3n) is 12.0. The molecule has 2 amide bonds. The molecule has 0 heterocycles. The second-order valence-corrected chi connectivity index (χ2v) is 25.2. The van der Waals surface area contributed by atoms with Crippen LogP contribution in [0.2, 0.25) is 15.1 Å². The predicted molar refractivity (Wildman–Crippen MR) is 310 cm³/mol. The fraction of sp³-hybridized carbons (Fsp3) is 0.321. The zero-order valence-electron chi connectivity index (χ0n) is 44.4. The van der Waals surface area contributed by atoms with Gasteiger partial charge in [-0.2, -0.15) is 0 Å². The van der Waals surface area contributed by atoms with Crippen molar-refractivity contribution in [1.29, 1.82) is 0 Å². The Labute approximate surface area is 476 Å². The van der Waals surface area contributed by atoms with Crippen LogP contribution in [-0.2, 0) is 68.4 Å². The zero-order chi connectivity index (χ0) is 58.5. The molecule has 12 N–H and O–H groups in total. The number of aliphatic hydroxyl groups excluding tert-OH is 2. The molecule has 79 heavy (non-hydrogen) atoms. The molecule has 6 rings (SSSR count). The molecule has 6 aromatic rings. The lowest BCUT2D eigenvalue weighted by Gasteiger charge is -2.28. The number of aromatic hydroxyl groups is 4. The first-order chi connectivity index (χ1) is 36.8. The third kappa shape index (κ3) is 21.7. The van der Waals surface area contributed by atoms with Crippen LogP contribution in [0.15, 0.2) is 115 Å². The second kappa shape index (κ2) is 27.7. The van der Waals surface area contributed by atoms with Crippen molar-refractivity contribution in [3.05, 3.63) is 175 Å². The first-order valence-electron chi connectivity index (χ1n) is 24.6. The summed E-state index contributed by atoms with van der Waals surface area (Å²) >= 11 is 18.0. The number of phenolic OH excluding ortho intramolecular Hbond substituents is 4. The van der Waals surface area contributed by atoms with Crippen molar-refractivity contribution in [3.8, 4) is 23.0 Å². The molecule has 0 bridgehead atoms. The fourth-order valence-electron chi connectivity index (χ4n) is 8.20. The Bertz CT molecular complexity index is 3330. The normalized spacial score (nSPS) is 12.6. The van der Waals surface area contributed by atoms with Crippen molar-refractivity contribution in [3.63, 3.8) is 0 Å². The van der Waals surface area contributed by atoms with Gasteiger partial charge in [-0.05, 0) is 134 Å². The van der Waals surface area contributed by atoms with Gasteiger partial charge < -0.3 is 51.9 Å². The van der Waals surface area contributed by atoms with Gasteiger partial charge in [0.05, 0.1) is 59.0 Å². The summed E-state index contributed by atoms with van der Waals surface area (Å²) in [5.74, 6) is -0.944. The summed E-state index contributed by atoms with van der Waals surface area (Å²) in [4.78, 5) is 25.0. The Morgan fingerprint density at radius 3 is 1.35 bits per heavy atom. The van der Waals surface area contributed by atoms with Crippen molar-refractivity contribution in [2.24, 2.45) is 0 Å². The number of hydrogen-bond donors (Lipinski definition) is 12. The largest absolute Gasteiger partial charge is 0.508 e. The van der Waals surface area contributed by atoms with Gasteiger partial charge in [-0.15, -0.1) is 0 Å². The molecule has 426 valence electrons. The van der Waals surface area contributed by atoms with Gasteiger partial charge in [0.2, 0.25) is 31.9 Å². The number of halogens is 3. The standard InChI is InChI=1S/C28H33Cl2N3O6S.C28H34ClN3O6S/c1-28(2,32-16-25(35)20-7-8-24(34)23(13-20)33-40(3,38)39)14-18-6-4-5-17(9-18)12-26(36)31-15-19-10-21(29)27(37)22(30)11-19;1-28(2,31-17-26(35)20-8-10-25(34)24(13-20)32-39(3,37)38)15-19-6-4-5-18(11-19)12-27(36)30-16-21-7-9-22(33)14-23(21)29/h4-11,13,25,32-35,37H,12,14-16H2,1-3H3,(H,31,36);4-11,13-14,26,31-35H,12,15-17H2,1-3H3,(H,30,36)/t25-;26-/m00/s1. The van der Waals surface area contributed by atoms with Crippen LogP contribution >= 0.6 is 34.8 Å². The number of sulfonamides is 2. The summed E-state index contributed by atoms with van der Waals surface area (Å²) < 4.78 is 50.6. The summed E-state index contributed by atoms with van der Waals surface area (Å²) in [5.41, 5.74) is 5.12. The molecule has 0 fully saturated rings. The molecule has 18 nitrogen and oxygen atoms in total. The summed E-state index contributed by atoms with van der Waals surface area (Å²) in [5, 5.41) is 73.3. The Morgan fingerprint density at radius 1 is 0.519 bits per heavy atom. The van der Waals surface area contributed by atoms with Crippen LogP contribution in [0.3, 0.4) is 0 Å². The van der Waals surface area contributed by atoms with Crippen molar-refractivity contribution >= 4 is 78.0 Å². The maximum atomic E-state index is 12.5. The fourth-order valence-corrected chi connectivity index (χ4v) is 10.1. The van der Waals surface area contributed by atoms with Gasteiger partial charge in [-0.1, -0.05) is 102 Å². The Kier molecular flexibility index (Phi) is 22.3. The van der Waals surface area contributed by atoms with Gasteiger partial charge in [0.25, 0.3) is 0 Å². The zero-order valence-corrected chi connectivity index (χ0v) is 48.3. The van der Waals surface area contributed by atoms with Crippen LogP contribution < -0.4 is 30.7 Å². The Balaban J connectivity index is 0.000000291. The van der Waals surface area contributed by atoms with E-state index in [1.54, 1.807) is 18.2 Å². The quantitative estimate of drug-likeness (QED) is 0.0257. The molecule has 2 atom stereocenters. The average Bonchev–Trinajstić information content (AvgIpc) is 3.35. The molecular weight excluding hydrogens is 1120 g/mol. The molecule has 0 saturated heterocycles. The van der Waals surface area contributed by atoms with Crippen LogP contribution in [0.4, 0.5) is 11.4 Å². The molecule has 6 aromatic carbocycles. The smallest absolute Gasteiger partial charge is 0.229 e. The van der Waals surface area contributed by atoms with Crippen LogP contribution in [0, 0.1) is 0 Å². The predicted octanol–water partition coefficient (Wildman–Crippen LogP) is 7.91. The second-order valence-electron chi connectivity index (χ2n) is 20.4. The monoisotopic (exact) mass is 1180 g/mol. The molecular formula is C56H67Cl3N6O12S2.